The Morgan fingerprint density at radius 1 is 1.31 bits per heavy atom. The van der Waals surface area contributed by atoms with Crippen molar-refractivity contribution in [2.75, 3.05) is 13.1 Å². The van der Waals surface area contributed by atoms with Crippen LogP contribution in [0.15, 0.2) is 28.7 Å². The van der Waals surface area contributed by atoms with Crippen LogP contribution in [0.2, 0.25) is 0 Å². The summed E-state index contributed by atoms with van der Waals surface area (Å²) < 4.78 is 7.19. The molecule has 2 atom stereocenters. The van der Waals surface area contributed by atoms with Gasteiger partial charge < -0.3 is 10.1 Å². The van der Waals surface area contributed by atoms with Crippen molar-refractivity contribution in [3.8, 4) is 0 Å². The van der Waals surface area contributed by atoms with Gasteiger partial charge >= 0.3 is 0 Å². The van der Waals surface area contributed by atoms with Gasteiger partial charge in [-0.3, -0.25) is 0 Å². The summed E-state index contributed by atoms with van der Waals surface area (Å²) in [6.07, 6.45) is 2.89. The molecule has 1 fully saturated rings. The van der Waals surface area contributed by atoms with E-state index in [0.29, 0.717) is 6.10 Å². The van der Waals surface area contributed by atoms with E-state index in [-0.39, 0.29) is 6.10 Å². The van der Waals surface area contributed by atoms with E-state index < -0.39 is 0 Å². The number of rotatable bonds is 3. The highest BCUT2D eigenvalue weighted by Gasteiger charge is 2.22. The zero-order valence-electron chi connectivity index (χ0n) is 9.58. The number of hydrogen-bond donors (Lipinski definition) is 1. The predicted octanol–water partition coefficient (Wildman–Crippen LogP) is 3.28. The summed E-state index contributed by atoms with van der Waals surface area (Å²) in [6.45, 7) is 4.11. The molecule has 16 heavy (non-hydrogen) atoms. The third-order valence-corrected chi connectivity index (χ3v) is 3.44. The van der Waals surface area contributed by atoms with Crippen molar-refractivity contribution in [1.29, 1.82) is 0 Å². The topological polar surface area (TPSA) is 21.3 Å². The maximum Gasteiger partial charge on any atom is 0.0953 e. The minimum absolute atomic E-state index is 0.207. The molecular weight excluding hydrogens is 266 g/mol. The van der Waals surface area contributed by atoms with Gasteiger partial charge in [0.15, 0.2) is 0 Å². The molecule has 0 aliphatic carbocycles. The van der Waals surface area contributed by atoms with Crippen molar-refractivity contribution >= 4 is 15.9 Å². The molecule has 0 amide bonds. The van der Waals surface area contributed by atoms with Gasteiger partial charge in [-0.2, -0.15) is 0 Å². The Kier molecular flexibility index (Phi) is 4.38. The fourth-order valence-electron chi connectivity index (χ4n) is 2.07. The molecule has 2 rings (SSSR count). The molecule has 0 bridgehead atoms. The first-order chi connectivity index (χ1) is 7.79. The Morgan fingerprint density at radius 2 is 2.06 bits per heavy atom. The second-order valence-corrected chi connectivity index (χ2v) is 5.16. The summed E-state index contributed by atoms with van der Waals surface area (Å²) in [6, 6.07) is 8.40. The third-order valence-electron chi connectivity index (χ3n) is 2.91. The van der Waals surface area contributed by atoms with E-state index in [2.05, 4.69) is 52.4 Å². The van der Waals surface area contributed by atoms with E-state index in [4.69, 9.17) is 4.74 Å². The van der Waals surface area contributed by atoms with E-state index >= 15 is 0 Å². The quantitative estimate of drug-likeness (QED) is 0.919. The average Bonchev–Trinajstić information content (AvgIpc) is 2.31. The van der Waals surface area contributed by atoms with Crippen LogP contribution in [-0.2, 0) is 4.74 Å². The van der Waals surface area contributed by atoms with Gasteiger partial charge in [0, 0.05) is 17.6 Å². The lowest BCUT2D eigenvalue weighted by atomic mass is 10.1. The minimum atomic E-state index is 0.207. The summed E-state index contributed by atoms with van der Waals surface area (Å²) in [5.41, 5.74) is 1.26. The second-order valence-electron chi connectivity index (χ2n) is 4.25. The van der Waals surface area contributed by atoms with E-state index in [1.165, 1.54) is 12.0 Å². The van der Waals surface area contributed by atoms with E-state index in [0.717, 1.165) is 24.0 Å². The van der Waals surface area contributed by atoms with Crippen LogP contribution >= 0.6 is 15.9 Å². The van der Waals surface area contributed by atoms with Crippen LogP contribution in [0.3, 0.4) is 0 Å². The maximum atomic E-state index is 6.07. The number of hydrogen-bond acceptors (Lipinski definition) is 2. The van der Waals surface area contributed by atoms with E-state index in [1.54, 1.807) is 0 Å². The molecule has 1 aliphatic heterocycles. The van der Waals surface area contributed by atoms with Crippen LogP contribution in [-0.4, -0.2) is 19.2 Å². The highest BCUT2D eigenvalue weighted by molar-refractivity contribution is 9.10. The fourth-order valence-corrected chi connectivity index (χ4v) is 2.33. The Balaban J connectivity index is 2.01. The number of benzene rings is 1. The lowest BCUT2D eigenvalue weighted by molar-refractivity contribution is -0.0425. The Labute approximate surface area is 106 Å². The van der Waals surface area contributed by atoms with Crippen molar-refractivity contribution in [2.45, 2.75) is 32.0 Å². The molecule has 1 aliphatic rings. The molecule has 1 aromatic carbocycles. The standard InChI is InChI=1S/C13H18BrNO/c1-2-3-12-8-15-9-13(16-12)10-4-6-11(14)7-5-10/h4-7,12-13,15H,2-3,8-9H2,1H3. The van der Waals surface area contributed by atoms with Crippen molar-refractivity contribution in [1.82, 2.24) is 5.32 Å². The third kappa shape index (κ3) is 3.06. The van der Waals surface area contributed by atoms with Crippen molar-refractivity contribution < 1.29 is 4.74 Å². The van der Waals surface area contributed by atoms with E-state index in [9.17, 15) is 0 Å². The minimum Gasteiger partial charge on any atom is -0.368 e. The first-order valence-electron chi connectivity index (χ1n) is 5.91. The zero-order chi connectivity index (χ0) is 11.4. The number of ether oxygens (including phenoxy) is 1. The predicted molar refractivity (Wildman–Crippen MR) is 69.5 cm³/mol. The first-order valence-corrected chi connectivity index (χ1v) is 6.70. The SMILES string of the molecule is CCCC1CNCC(c2ccc(Br)cc2)O1. The maximum absolute atomic E-state index is 6.07. The second kappa shape index (κ2) is 5.80. The number of halogens is 1. The molecule has 1 N–H and O–H groups in total. The summed E-state index contributed by atoms with van der Waals surface area (Å²) in [5, 5.41) is 3.45. The fraction of sp³-hybridized carbons (Fsp3) is 0.538. The molecule has 1 heterocycles. The van der Waals surface area contributed by atoms with Gasteiger partial charge in [-0.15, -0.1) is 0 Å². The Bertz CT molecular complexity index is 323. The van der Waals surface area contributed by atoms with Gasteiger partial charge in [-0.05, 0) is 24.1 Å². The highest BCUT2D eigenvalue weighted by Crippen LogP contribution is 2.24. The van der Waals surface area contributed by atoms with Crippen molar-refractivity contribution in [3.63, 3.8) is 0 Å². The van der Waals surface area contributed by atoms with Crippen molar-refractivity contribution in [2.24, 2.45) is 0 Å². The van der Waals surface area contributed by atoms with Crippen LogP contribution in [0.25, 0.3) is 0 Å². The molecule has 0 saturated carbocycles. The molecule has 1 saturated heterocycles. The average molecular weight is 284 g/mol. The van der Waals surface area contributed by atoms with Gasteiger partial charge in [-0.25, -0.2) is 0 Å². The highest BCUT2D eigenvalue weighted by atomic mass is 79.9. The van der Waals surface area contributed by atoms with Crippen LogP contribution in [0.1, 0.15) is 31.4 Å². The van der Waals surface area contributed by atoms with Gasteiger partial charge in [0.1, 0.15) is 0 Å². The summed E-state index contributed by atoms with van der Waals surface area (Å²) >= 11 is 3.45. The summed E-state index contributed by atoms with van der Waals surface area (Å²) in [4.78, 5) is 0. The molecule has 2 nitrogen and oxygen atoms in total. The summed E-state index contributed by atoms with van der Waals surface area (Å²) in [5.74, 6) is 0. The van der Waals surface area contributed by atoms with Crippen LogP contribution in [0, 0.1) is 0 Å². The van der Waals surface area contributed by atoms with Crippen LogP contribution < -0.4 is 5.32 Å². The van der Waals surface area contributed by atoms with E-state index in [1.807, 2.05) is 0 Å². The lowest BCUT2D eigenvalue weighted by Gasteiger charge is -2.31. The molecule has 0 radical (unpaired) electrons. The molecule has 0 aromatic heterocycles. The van der Waals surface area contributed by atoms with Gasteiger partial charge in [0.25, 0.3) is 0 Å². The first kappa shape index (κ1) is 12.1. The van der Waals surface area contributed by atoms with Gasteiger partial charge in [0.05, 0.1) is 12.2 Å². The zero-order valence-corrected chi connectivity index (χ0v) is 11.2. The Morgan fingerprint density at radius 3 is 2.75 bits per heavy atom. The monoisotopic (exact) mass is 283 g/mol. The number of nitrogens with one attached hydrogen (secondary N) is 1. The van der Waals surface area contributed by atoms with Crippen LogP contribution in [0.5, 0.6) is 0 Å². The molecule has 2 unspecified atom stereocenters. The molecule has 88 valence electrons. The Hall–Kier alpha value is -0.380. The number of morpholine rings is 1. The van der Waals surface area contributed by atoms with Crippen LogP contribution in [0.4, 0.5) is 0 Å². The molecule has 0 spiro atoms. The van der Waals surface area contributed by atoms with Gasteiger partial charge in [-0.1, -0.05) is 41.4 Å². The van der Waals surface area contributed by atoms with Crippen molar-refractivity contribution in [3.05, 3.63) is 34.3 Å². The molecule has 1 aromatic rings. The molecule has 3 heteroatoms. The summed E-state index contributed by atoms with van der Waals surface area (Å²) in [7, 11) is 0. The largest absolute Gasteiger partial charge is 0.368 e. The lowest BCUT2D eigenvalue weighted by Crippen LogP contribution is -2.40. The normalized spacial score (nSPS) is 25.6. The van der Waals surface area contributed by atoms with Gasteiger partial charge in [0.2, 0.25) is 0 Å². The smallest absolute Gasteiger partial charge is 0.0953 e. The molecular formula is C13H18BrNO.